The summed E-state index contributed by atoms with van der Waals surface area (Å²) in [6, 6.07) is 0. The van der Waals surface area contributed by atoms with E-state index >= 15 is 0 Å². The highest BCUT2D eigenvalue weighted by molar-refractivity contribution is 6.70. The first-order chi connectivity index (χ1) is 9.57. The molecule has 2 nitrogen and oxygen atoms in total. The highest BCUT2D eigenvalue weighted by Gasteiger charge is 2.19. The first-order valence-corrected chi connectivity index (χ1v) is 14.5. The van der Waals surface area contributed by atoms with Gasteiger partial charge in [0.2, 0.25) is 0 Å². The van der Waals surface area contributed by atoms with Crippen molar-refractivity contribution in [3.8, 4) is 11.8 Å². The van der Waals surface area contributed by atoms with Crippen LogP contribution >= 0.6 is 0 Å². The van der Waals surface area contributed by atoms with Crippen molar-refractivity contribution in [3.05, 3.63) is 24.8 Å². The summed E-state index contributed by atoms with van der Waals surface area (Å²) in [5.41, 5.74) is 0. The second-order valence-corrected chi connectivity index (χ2v) is 15.9. The fourth-order valence-corrected chi connectivity index (χ4v) is 3.63. The molecular weight excluding hydrogens is 292 g/mol. The van der Waals surface area contributed by atoms with Crippen LogP contribution in [0.25, 0.3) is 0 Å². The molecular formula is C17H32O2Si2. The van der Waals surface area contributed by atoms with Crippen molar-refractivity contribution in [2.45, 2.75) is 71.3 Å². The smallest absolute Gasteiger partial charge is 0.185 e. The molecule has 0 bridgehead atoms. The van der Waals surface area contributed by atoms with E-state index in [1.807, 2.05) is 6.08 Å². The lowest BCUT2D eigenvalue weighted by Gasteiger charge is -2.23. The number of allylic oxidation sites excluding steroid dienone is 1. The maximum Gasteiger partial charge on any atom is 0.185 e. The minimum atomic E-state index is -1.59. The van der Waals surface area contributed by atoms with Gasteiger partial charge in [0.15, 0.2) is 16.6 Å². The molecule has 0 aliphatic rings. The van der Waals surface area contributed by atoms with Crippen LogP contribution in [0.4, 0.5) is 0 Å². The Hall–Kier alpha value is -0.606. The monoisotopic (exact) mass is 324 g/mol. The zero-order valence-corrected chi connectivity index (χ0v) is 16.8. The number of hydrogen-bond acceptors (Lipinski definition) is 2. The number of hydrogen-bond donors (Lipinski definition) is 0. The molecule has 0 rings (SSSR count). The lowest BCUT2D eigenvalue weighted by Crippen LogP contribution is -2.31. The molecule has 0 aliphatic heterocycles. The third kappa shape index (κ3) is 12.8. The van der Waals surface area contributed by atoms with Gasteiger partial charge in [0.1, 0.15) is 6.10 Å². The zero-order valence-electron chi connectivity index (χ0n) is 14.8. The first kappa shape index (κ1) is 20.4. The minimum absolute atomic E-state index is 0.0202. The molecule has 0 N–H and O–H groups in total. The predicted molar refractivity (Wildman–Crippen MR) is 98.5 cm³/mol. The summed E-state index contributed by atoms with van der Waals surface area (Å²) >= 11 is 0. The fraction of sp³-hybridized carbons (Fsp3) is 0.647. The summed E-state index contributed by atoms with van der Waals surface area (Å²) in [5.74, 6) is 6.44. The average Bonchev–Trinajstić information content (AvgIpc) is 2.31. The van der Waals surface area contributed by atoms with Crippen molar-refractivity contribution < 1.29 is 8.85 Å². The summed E-state index contributed by atoms with van der Waals surface area (Å²) in [7, 11) is -3.15. The van der Waals surface area contributed by atoms with Crippen LogP contribution in [-0.4, -0.2) is 28.8 Å². The fourth-order valence-electron chi connectivity index (χ4n) is 1.64. The van der Waals surface area contributed by atoms with Gasteiger partial charge in [-0.1, -0.05) is 30.9 Å². The highest BCUT2D eigenvalue weighted by atomic mass is 28.4. The summed E-state index contributed by atoms with van der Waals surface area (Å²) in [6.07, 6.45) is 7.63. The van der Waals surface area contributed by atoms with Crippen LogP contribution in [0.2, 0.25) is 39.3 Å². The van der Waals surface area contributed by atoms with Crippen molar-refractivity contribution in [3.63, 3.8) is 0 Å². The number of rotatable bonds is 8. The van der Waals surface area contributed by atoms with Crippen molar-refractivity contribution >= 4 is 16.6 Å². The molecule has 2 atom stereocenters. The molecule has 4 heteroatoms. The van der Waals surface area contributed by atoms with E-state index < -0.39 is 16.6 Å². The maximum atomic E-state index is 6.08. The lowest BCUT2D eigenvalue weighted by molar-refractivity contribution is 0.248. The van der Waals surface area contributed by atoms with Crippen LogP contribution < -0.4 is 0 Å². The molecule has 0 saturated carbocycles. The van der Waals surface area contributed by atoms with E-state index in [2.05, 4.69) is 76.8 Å². The van der Waals surface area contributed by atoms with Crippen LogP contribution in [0.5, 0.6) is 0 Å². The van der Waals surface area contributed by atoms with E-state index in [1.54, 1.807) is 0 Å². The van der Waals surface area contributed by atoms with Gasteiger partial charge in [-0.25, -0.2) is 0 Å². The van der Waals surface area contributed by atoms with Gasteiger partial charge in [-0.3, -0.25) is 0 Å². The third-order valence-electron chi connectivity index (χ3n) is 2.34. The quantitative estimate of drug-likeness (QED) is 0.356. The SMILES string of the molecule is C=CC(CC#CC(/C=C\CC)O[Si](C)(C)C)O[Si](C)(C)C. The Kier molecular flexibility index (Phi) is 9.15. The second-order valence-electron chi connectivity index (χ2n) is 7.02. The van der Waals surface area contributed by atoms with E-state index in [0.29, 0.717) is 6.42 Å². The van der Waals surface area contributed by atoms with E-state index in [-0.39, 0.29) is 12.2 Å². The van der Waals surface area contributed by atoms with Gasteiger partial charge >= 0.3 is 0 Å². The van der Waals surface area contributed by atoms with Gasteiger partial charge in [-0.2, -0.15) is 0 Å². The summed E-state index contributed by atoms with van der Waals surface area (Å²) in [4.78, 5) is 0. The Morgan fingerprint density at radius 1 is 1.05 bits per heavy atom. The summed E-state index contributed by atoms with van der Waals surface area (Å²) in [6.45, 7) is 19.0. The van der Waals surface area contributed by atoms with Crippen molar-refractivity contribution in [1.82, 2.24) is 0 Å². The van der Waals surface area contributed by atoms with E-state index in [0.717, 1.165) is 6.42 Å². The molecule has 0 saturated heterocycles. The van der Waals surface area contributed by atoms with Gasteiger partial charge in [-0.15, -0.1) is 6.58 Å². The molecule has 120 valence electrons. The summed E-state index contributed by atoms with van der Waals surface area (Å²) in [5, 5.41) is 0. The van der Waals surface area contributed by atoms with Gasteiger partial charge in [0.05, 0.1) is 6.10 Å². The van der Waals surface area contributed by atoms with Crippen molar-refractivity contribution in [2.75, 3.05) is 0 Å². The Bertz CT molecular complexity index is 392. The standard InChI is InChI=1S/C17H32O2Si2/c1-9-11-13-17(19-21(6,7)8)15-12-14-16(10-2)18-20(3,4)5/h10-11,13,16-17H,2,9,14H2,1,3-8H3/b13-11-. The van der Waals surface area contributed by atoms with Gasteiger partial charge in [0.25, 0.3) is 0 Å². The molecule has 0 aromatic rings. The van der Waals surface area contributed by atoms with Crippen LogP contribution in [0.15, 0.2) is 24.8 Å². The third-order valence-corrected chi connectivity index (χ3v) is 4.31. The first-order valence-electron chi connectivity index (χ1n) is 7.70. The van der Waals surface area contributed by atoms with Gasteiger partial charge < -0.3 is 8.85 Å². The lowest BCUT2D eigenvalue weighted by atomic mass is 10.2. The molecule has 0 fully saturated rings. The molecule has 0 aromatic carbocycles. The largest absolute Gasteiger partial charge is 0.410 e. The Morgan fingerprint density at radius 3 is 2.05 bits per heavy atom. The average molecular weight is 325 g/mol. The van der Waals surface area contributed by atoms with Crippen molar-refractivity contribution in [1.29, 1.82) is 0 Å². The maximum absolute atomic E-state index is 6.08. The van der Waals surface area contributed by atoms with E-state index in [1.165, 1.54) is 0 Å². The topological polar surface area (TPSA) is 18.5 Å². The molecule has 0 heterocycles. The highest BCUT2D eigenvalue weighted by Crippen LogP contribution is 2.11. The molecule has 0 aliphatic carbocycles. The summed E-state index contributed by atoms with van der Waals surface area (Å²) < 4.78 is 12.1. The molecule has 0 amide bonds. The molecule has 2 unspecified atom stereocenters. The van der Waals surface area contributed by atoms with E-state index in [9.17, 15) is 0 Å². The molecule has 0 radical (unpaired) electrons. The Balaban J connectivity index is 4.70. The Morgan fingerprint density at radius 2 is 1.62 bits per heavy atom. The zero-order chi connectivity index (χ0) is 16.5. The normalized spacial score (nSPS) is 15.4. The van der Waals surface area contributed by atoms with E-state index in [4.69, 9.17) is 8.85 Å². The predicted octanol–water partition coefficient (Wildman–Crippen LogP) is 4.97. The van der Waals surface area contributed by atoms with Gasteiger partial charge in [-0.05, 0) is 51.8 Å². The van der Waals surface area contributed by atoms with Gasteiger partial charge in [0, 0.05) is 6.42 Å². The molecule has 0 spiro atoms. The van der Waals surface area contributed by atoms with Crippen LogP contribution in [-0.2, 0) is 8.85 Å². The Labute approximate surface area is 133 Å². The molecule has 21 heavy (non-hydrogen) atoms. The minimum Gasteiger partial charge on any atom is -0.410 e. The van der Waals surface area contributed by atoms with Crippen LogP contribution in [0.3, 0.4) is 0 Å². The van der Waals surface area contributed by atoms with Crippen molar-refractivity contribution in [2.24, 2.45) is 0 Å². The second kappa shape index (κ2) is 9.42. The van der Waals surface area contributed by atoms with Crippen LogP contribution in [0, 0.1) is 11.8 Å². The van der Waals surface area contributed by atoms with Crippen LogP contribution in [0.1, 0.15) is 19.8 Å². The molecule has 0 aromatic heterocycles.